The van der Waals surface area contributed by atoms with Crippen molar-refractivity contribution in [2.24, 2.45) is 5.73 Å². The van der Waals surface area contributed by atoms with Gasteiger partial charge in [-0.25, -0.2) is 0 Å². The van der Waals surface area contributed by atoms with Gasteiger partial charge in [0.1, 0.15) is 0 Å². The van der Waals surface area contributed by atoms with E-state index in [1.165, 1.54) is 0 Å². The summed E-state index contributed by atoms with van der Waals surface area (Å²) in [4.78, 5) is 4.25. The number of hydrogen-bond donors (Lipinski definition) is 1. The molecule has 1 atom stereocenters. The molecule has 1 heterocycles. The van der Waals surface area contributed by atoms with Gasteiger partial charge in [0.2, 0.25) is 0 Å². The predicted octanol–water partition coefficient (Wildman–Crippen LogP) is 2.25. The Morgan fingerprint density at radius 1 is 1.33 bits per heavy atom. The second-order valence-corrected chi connectivity index (χ2v) is 2.49. The Bertz CT molecular complexity index is 226. The van der Waals surface area contributed by atoms with Gasteiger partial charge in [-0.05, 0) is 26.0 Å². The summed E-state index contributed by atoms with van der Waals surface area (Å²) in [6.45, 7) is 3.90. The maximum Gasteiger partial charge on any atom is 0.0571 e. The van der Waals surface area contributed by atoms with Gasteiger partial charge in [-0.3, -0.25) is 4.98 Å². The number of aromatic nitrogens is 1. The van der Waals surface area contributed by atoms with Crippen LogP contribution >= 0.6 is 24.8 Å². The lowest BCUT2D eigenvalue weighted by Crippen LogP contribution is -2.07. The first-order valence-electron chi connectivity index (χ1n) is 3.39. The van der Waals surface area contributed by atoms with E-state index >= 15 is 0 Å². The van der Waals surface area contributed by atoms with Crippen molar-refractivity contribution in [2.75, 3.05) is 0 Å². The van der Waals surface area contributed by atoms with Crippen molar-refractivity contribution in [1.82, 2.24) is 4.98 Å². The average Bonchev–Trinajstić information content (AvgIpc) is 1.88. The lowest BCUT2D eigenvalue weighted by molar-refractivity contribution is 0.775. The van der Waals surface area contributed by atoms with Crippen molar-refractivity contribution in [3.05, 3.63) is 29.6 Å². The zero-order valence-corrected chi connectivity index (χ0v) is 8.78. The Kier molecular flexibility index (Phi) is 7.39. The maximum absolute atomic E-state index is 5.62. The maximum atomic E-state index is 5.62. The van der Waals surface area contributed by atoms with E-state index in [9.17, 15) is 0 Å². The van der Waals surface area contributed by atoms with Gasteiger partial charge in [-0.2, -0.15) is 0 Å². The molecule has 0 amide bonds. The number of nitrogens with two attached hydrogens (primary N) is 1. The summed E-state index contributed by atoms with van der Waals surface area (Å²) in [6.07, 6.45) is 0. The zero-order chi connectivity index (χ0) is 7.56. The van der Waals surface area contributed by atoms with Crippen molar-refractivity contribution in [2.45, 2.75) is 19.9 Å². The fourth-order valence-electron chi connectivity index (χ4n) is 0.818. The monoisotopic (exact) mass is 208 g/mol. The van der Waals surface area contributed by atoms with Gasteiger partial charge in [0, 0.05) is 11.7 Å². The van der Waals surface area contributed by atoms with Crippen molar-refractivity contribution in [1.29, 1.82) is 0 Å². The van der Waals surface area contributed by atoms with E-state index in [2.05, 4.69) is 4.98 Å². The van der Waals surface area contributed by atoms with Gasteiger partial charge < -0.3 is 5.73 Å². The van der Waals surface area contributed by atoms with Crippen LogP contribution in [-0.4, -0.2) is 4.98 Å². The number of nitrogens with zero attached hydrogens (tertiary/aromatic N) is 1. The summed E-state index contributed by atoms with van der Waals surface area (Å²) < 4.78 is 0. The minimum absolute atomic E-state index is 0. The van der Waals surface area contributed by atoms with Gasteiger partial charge in [-0.1, -0.05) is 6.07 Å². The molecule has 0 aliphatic carbocycles. The summed E-state index contributed by atoms with van der Waals surface area (Å²) in [5, 5.41) is 0. The fraction of sp³-hybridized carbons (Fsp3) is 0.375. The minimum atomic E-state index is 0. The van der Waals surface area contributed by atoms with E-state index < -0.39 is 0 Å². The molecule has 0 saturated carbocycles. The zero-order valence-electron chi connectivity index (χ0n) is 7.15. The molecule has 70 valence electrons. The Labute approximate surface area is 85.4 Å². The molecule has 0 radical (unpaired) electrons. The normalized spacial score (nSPS) is 10.9. The Balaban J connectivity index is 0. The predicted molar refractivity (Wildman–Crippen MR) is 56.1 cm³/mol. The molecule has 0 bridgehead atoms. The molecule has 0 aliphatic heterocycles. The first-order chi connectivity index (χ1) is 4.70. The van der Waals surface area contributed by atoms with Crippen LogP contribution in [0.1, 0.15) is 24.4 Å². The lowest BCUT2D eigenvalue weighted by Gasteiger charge is -2.03. The van der Waals surface area contributed by atoms with Crippen LogP contribution in [-0.2, 0) is 0 Å². The third kappa shape index (κ3) is 3.90. The molecule has 12 heavy (non-hydrogen) atoms. The quantitative estimate of drug-likeness (QED) is 0.770. The second-order valence-electron chi connectivity index (χ2n) is 2.49. The lowest BCUT2D eigenvalue weighted by atomic mass is 10.2. The third-order valence-corrected chi connectivity index (χ3v) is 1.38. The van der Waals surface area contributed by atoms with Crippen molar-refractivity contribution >= 4 is 24.8 Å². The van der Waals surface area contributed by atoms with Crippen molar-refractivity contribution < 1.29 is 0 Å². The molecular formula is C8H14Cl2N2. The first kappa shape index (κ1) is 14.2. The van der Waals surface area contributed by atoms with Crippen molar-refractivity contribution in [3.63, 3.8) is 0 Å². The molecule has 4 heteroatoms. The molecule has 0 aromatic carbocycles. The molecule has 1 aromatic rings. The molecule has 0 fully saturated rings. The Hall–Kier alpha value is -0.310. The fourth-order valence-corrected chi connectivity index (χ4v) is 0.818. The van der Waals surface area contributed by atoms with Crippen LogP contribution in [0.5, 0.6) is 0 Å². The molecule has 0 aliphatic rings. The van der Waals surface area contributed by atoms with Crippen LogP contribution in [0.2, 0.25) is 0 Å². The summed E-state index contributed by atoms with van der Waals surface area (Å²) in [6, 6.07) is 5.92. The number of rotatable bonds is 1. The summed E-state index contributed by atoms with van der Waals surface area (Å²) in [7, 11) is 0. The van der Waals surface area contributed by atoms with Crippen LogP contribution in [0.15, 0.2) is 18.2 Å². The largest absolute Gasteiger partial charge is 0.323 e. The third-order valence-electron chi connectivity index (χ3n) is 1.38. The average molecular weight is 209 g/mol. The standard InChI is InChI=1S/C8H12N2.2ClH/c1-6-4-3-5-8(10-6)7(2)9;;/h3-5,7H,9H2,1-2H3;2*1H. The van der Waals surface area contributed by atoms with Gasteiger partial charge in [0.15, 0.2) is 0 Å². The van der Waals surface area contributed by atoms with E-state index in [1.54, 1.807) is 0 Å². The van der Waals surface area contributed by atoms with Gasteiger partial charge >= 0.3 is 0 Å². The molecule has 1 unspecified atom stereocenters. The van der Waals surface area contributed by atoms with Crippen LogP contribution in [0, 0.1) is 6.92 Å². The molecule has 0 saturated heterocycles. The van der Waals surface area contributed by atoms with Crippen LogP contribution in [0.4, 0.5) is 0 Å². The highest BCUT2D eigenvalue weighted by Gasteiger charge is 1.98. The molecule has 2 nitrogen and oxygen atoms in total. The molecular weight excluding hydrogens is 195 g/mol. The highest BCUT2D eigenvalue weighted by Crippen LogP contribution is 2.05. The smallest absolute Gasteiger partial charge is 0.0571 e. The Morgan fingerprint density at radius 2 is 1.92 bits per heavy atom. The number of hydrogen-bond acceptors (Lipinski definition) is 2. The van der Waals surface area contributed by atoms with Crippen molar-refractivity contribution in [3.8, 4) is 0 Å². The van der Waals surface area contributed by atoms with Crippen LogP contribution < -0.4 is 5.73 Å². The molecule has 0 spiro atoms. The number of aryl methyl sites for hydroxylation is 1. The minimum Gasteiger partial charge on any atom is -0.323 e. The molecule has 1 aromatic heterocycles. The molecule has 1 rings (SSSR count). The van der Waals surface area contributed by atoms with E-state index in [-0.39, 0.29) is 30.9 Å². The topological polar surface area (TPSA) is 38.9 Å². The van der Waals surface area contributed by atoms with Gasteiger partial charge in [0.05, 0.1) is 5.69 Å². The van der Waals surface area contributed by atoms with E-state index in [4.69, 9.17) is 5.73 Å². The van der Waals surface area contributed by atoms with E-state index in [0.717, 1.165) is 11.4 Å². The summed E-state index contributed by atoms with van der Waals surface area (Å²) in [5.74, 6) is 0. The SMILES string of the molecule is Cc1cccc(C(C)N)n1.Cl.Cl. The highest BCUT2D eigenvalue weighted by atomic mass is 35.5. The molecule has 2 N–H and O–H groups in total. The van der Waals surface area contributed by atoms with Gasteiger partial charge in [0.25, 0.3) is 0 Å². The summed E-state index contributed by atoms with van der Waals surface area (Å²) in [5.41, 5.74) is 7.60. The van der Waals surface area contributed by atoms with Crippen LogP contribution in [0.25, 0.3) is 0 Å². The van der Waals surface area contributed by atoms with Crippen LogP contribution in [0.3, 0.4) is 0 Å². The van der Waals surface area contributed by atoms with E-state index in [1.807, 2.05) is 32.0 Å². The summed E-state index contributed by atoms with van der Waals surface area (Å²) >= 11 is 0. The van der Waals surface area contributed by atoms with Gasteiger partial charge in [-0.15, -0.1) is 24.8 Å². The highest BCUT2D eigenvalue weighted by molar-refractivity contribution is 5.85. The second kappa shape index (κ2) is 6.23. The number of halogens is 2. The number of pyridine rings is 1. The Morgan fingerprint density at radius 3 is 2.25 bits per heavy atom. The first-order valence-corrected chi connectivity index (χ1v) is 3.39. The van der Waals surface area contributed by atoms with E-state index in [0.29, 0.717) is 0 Å².